The first kappa shape index (κ1) is 15.9. The molecule has 0 radical (unpaired) electrons. The molecule has 108 valence electrons. The number of likely N-dealkylation sites (N-methyl/N-ethyl adjacent to an activating group) is 1. The zero-order chi connectivity index (χ0) is 13.4. The minimum atomic E-state index is 0.471. The summed E-state index contributed by atoms with van der Waals surface area (Å²) >= 11 is 0. The predicted molar refractivity (Wildman–Crippen MR) is 78.0 cm³/mol. The van der Waals surface area contributed by atoms with Crippen molar-refractivity contribution in [1.82, 2.24) is 10.2 Å². The zero-order valence-electron chi connectivity index (χ0n) is 12.7. The number of ether oxygens (including phenoxy) is 1. The molecule has 0 aliphatic carbocycles. The van der Waals surface area contributed by atoms with Crippen molar-refractivity contribution >= 4 is 0 Å². The van der Waals surface area contributed by atoms with E-state index in [0.717, 1.165) is 32.2 Å². The average Bonchev–Trinajstić information content (AvgIpc) is 2.86. The third kappa shape index (κ3) is 5.68. The normalized spacial score (nSPS) is 23.5. The van der Waals surface area contributed by atoms with Gasteiger partial charge in [0.2, 0.25) is 0 Å². The number of rotatable bonds is 9. The summed E-state index contributed by atoms with van der Waals surface area (Å²) in [5.41, 5.74) is 0. The van der Waals surface area contributed by atoms with E-state index in [9.17, 15) is 0 Å². The smallest absolute Gasteiger partial charge is 0.0702 e. The Labute approximate surface area is 113 Å². The van der Waals surface area contributed by atoms with Crippen molar-refractivity contribution < 1.29 is 4.74 Å². The Bertz CT molecular complexity index is 205. The summed E-state index contributed by atoms with van der Waals surface area (Å²) in [5, 5.41) is 3.69. The molecule has 3 atom stereocenters. The van der Waals surface area contributed by atoms with Gasteiger partial charge in [-0.25, -0.2) is 0 Å². The van der Waals surface area contributed by atoms with Crippen LogP contribution in [-0.2, 0) is 4.74 Å². The maximum absolute atomic E-state index is 5.71. The van der Waals surface area contributed by atoms with Gasteiger partial charge in [-0.1, -0.05) is 27.2 Å². The summed E-state index contributed by atoms with van der Waals surface area (Å²) in [6.07, 6.45) is 5.40. The number of nitrogens with one attached hydrogen (secondary N) is 1. The van der Waals surface area contributed by atoms with Gasteiger partial charge in [-0.05, 0) is 38.8 Å². The molecule has 1 fully saturated rings. The Kier molecular flexibility index (Phi) is 7.87. The minimum absolute atomic E-state index is 0.471. The molecule has 0 bridgehead atoms. The van der Waals surface area contributed by atoms with Gasteiger partial charge in [0.05, 0.1) is 6.10 Å². The molecule has 0 aromatic rings. The molecule has 1 saturated heterocycles. The van der Waals surface area contributed by atoms with Crippen molar-refractivity contribution in [1.29, 1.82) is 0 Å². The van der Waals surface area contributed by atoms with E-state index in [0.29, 0.717) is 12.1 Å². The van der Waals surface area contributed by atoms with Gasteiger partial charge < -0.3 is 15.0 Å². The van der Waals surface area contributed by atoms with Crippen molar-refractivity contribution in [3.63, 3.8) is 0 Å². The summed E-state index contributed by atoms with van der Waals surface area (Å²) in [4.78, 5) is 2.44. The van der Waals surface area contributed by atoms with Crippen LogP contribution in [0.15, 0.2) is 0 Å². The molecule has 1 aliphatic rings. The Morgan fingerprint density at radius 1 is 1.39 bits per heavy atom. The highest BCUT2D eigenvalue weighted by molar-refractivity contribution is 4.78. The molecular weight excluding hydrogens is 224 g/mol. The molecule has 0 spiro atoms. The molecular formula is C15H32N2O. The highest BCUT2D eigenvalue weighted by Crippen LogP contribution is 2.14. The maximum atomic E-state index is 5.71. The highest BCUT2D eigenvalue weighted by atomic mass is 16.5. The van der Waals surface area contributed by atoms with Gasteiger partial charge in [0.1, 0.15) is 0 Å². The van der Waals surface area contributed by atoms with E-state index < -0.39 is 0 Å². The fraction of sp³-hybridized carbons (Fsp3) is 1.00. The monoisotopic (exact) mass is 256 g/mol. The van der Waals surface area contributed by atoms with Gasteiger partial charge in [0.25, 0.3) is 0 Å². The van der Waals surface area contributed by atoms with Crippen molar-refractivity contribution in [2.45, 2.75) is 58.6 Å². The summed E-state index contributed by atoms with van der Waals surface area (Å²) in [6, 6.07) is 0.612. The van der Waals surface area contributed by atoms with Gasteiger partial charge in [0.15, 0.2) is 0 Å². The molecule has 18 heavy (non-hydrogen) atoms. The number of hydrogen-bond donors (Lipinski definition) is 1. The second kappa shape index (κ2) is 8.89. The van der Waals surface area contributed by atoms with Gasteiger partial charge in [0, 0.05) is 25.7 Å². The maximum Gasteiger partial charge on any atom is 0.0702 e. The van der Waals surface area contributed by atoms with E-state index >= 15 is 0 Å². The van der Waals surface area contributed by atoms with Crippen LogP contribution in [0.4, 0.5) is 0 Å². The molecule has 0 aromatic heterocycles. The van der Waals surface area contributed by atoms with Crippen LogP contribution in [0.1, 0.15) is 46.5 Å². The van der Waals surface area contributed by atoms with Gasteiger partial charge >= 0.3 is 0 Å². The largest absolute Gasteiger partial charge is 0.377 e. The van der Waals surface area contributed by atoms with Crippen LogP contribution in [0.25, 0.3) is 0 Å². The molecule has 0 saturated carbocycles. The molecule has 0 aromatic carbocycles. The van der Waals surface area contributed by atoms with Crippen LogP contribution in [-0.4, -0.2) is 50.3 Å². The first-order chi connectivity index (χ1) is 8.67. The summed E-state index contributed by atoms with van der Waals surface area (Å²) in [6.45, 7) is 11.2. The SMILES string of the molecule is CCCNC(CN(C)CC1CCCO1)C(C)CC. The molecule has 3 unspecified atom stereocenters. The van der Waals surface area contributed by atoms with Gasteiger partial charge in [-0.15, -0.1) is 0 Å². The van der Waals surface area contributed by atoms with E-state index in [-0.39, 0.29) is 0 Å². The van der Waals surface area contributed by atoms with Crippen molar-refractivity contribution in [3.8, 4) is 0 Å². The van der Waals surface area contributed by atoms with Crippen molar-refractivity contribution in [2.24, 2.45) is 5.92 Å². The molecule has 1 N–H and O–H groups in total. The average molecular weight is 256 g/mol. The third-order valence-corrected chi connectivity index (χ3v) is 4.04. The van der Waals surface area contributed by atoms with Crippen molar-refractivity contribution in [2.75, 3.05) is 33.3 Å². The Hall–Kier alpha value is -0.120. The second-order valence-corrected chi connectivity index (χ2v) is 5.80. The second-order valence-electron chi connectivity index (χ2n) is 5.80. The van der Waals surface area contributed by atoms with Crippen LogP contribution in [0.2, 0.25) is 0 Å². The Morgan fingerprint density at radius 3 is 2.72 bits per heavy atom. The molecule has 3 heteroatoms. The van der Waals surface area contributed by atoms with Crippen LogP contribution >= 0.6 is 0 Å². The van der Waals surface area contributed by atoms with E-state index in [1.807, 2.05) is 0 Å². The molecule has 3 nitrogen and oxygen atoms in total. The third-order valence-electron chi connectivity index (χ3n) is 4.04. The Balaban J connectivity index is 2.32. The van der Waals surface area contributed by atoms with Gasteiger partial charge in [-0.2, -0.15) is 0 Å². The van der Waals surface area contributed by atoms with Gasteiger partial charge in [-0.3, -0.25) is 0 Å². The standard InChI is InChI=1S/C15H32N2O/c1-5-9-16-15(13(3)6-2)12-17(4)11-14-8-7-10-18-14/h13-16H,5-12H2,1-4H3. The first-order valence-corrected chi connectivity index (χ1v) is 7.70. The van der Waals surface area contributed by atoms with Crippen LogP contribution in [0.5, 0.6) is 0 Å². The van der Waals surface area contributed by atoms with Crippen molar-refractivity contribution in [3.05, 3.63) is 0 Å². The quantitative estimate of drug-likeness (QED) is 0.686. The van der Waals surface area contributed by atoms with Crippen LogP contribution in [0.3, 0.4) is 0 Å². The number of nitrogens with zero attached hydrogens (tertiary/aromatic N) is 1. The minimum Gasteiger partial charge on any atom is -0.377 e. The predicted octanol–water partition coefficient (Wildman–Crippen LogP) is 2.51. The lowest BCUT2D eigenvalue weighted by Crippen LogP contribution is -2.45. The fourth-order valence-electron chi connectivity index (χ4n) is 2.61. The topological polar surface area (TPSA) is 24.5 Å². The Morgan fingerprint density at radius 2 is 2.17 bits per heavy atom. The lowest BCUT2D eigenvalue weighted by atomic mass is 9.98. The summed E-state index contributed by atoms with van der Waals surface area (Å²) in [7, 11) is 2.23. The summed E-state index contributed by atoms with van der Waals surface area (Å²) in [5.74, 6) is 0.739. The lowest BCUT2D eigenvalue weighted by Gasteiger charge is -2.30. The van der Waals surface area contributed by atoms with Crippen LogP contribution in [0, 0.1) is 5.92 Å². The van der Waals surface area contributed by atoms with Crippen LogP contribution < -0.4 is 5.32 Å². The number of hydrogen-bond acceptors (Lipinski definition) is 3. The van der Waals surface area contributed by atoms with E-state index in [1.54, 1.807) is 0 Å². The molecule has 1 heterocycles. The lowest BCUT2D eigenvalue weighted by molar-refractivity contribution is 0.0760. The molecule has 0 amide bonds. The highest BCUT2D eigenvalue weighted by Gasteiger charge is 2.21. The first-order valence-electron chi connectivity index (χ1n) is 7.70. The van der Waals surface area contributed by atoms with E-state index in [4.69, 9.17) is 4.74 Å². The fourth-order valence-corrected chi connectivity index (χ4v) is 2.61. The molecule has 1 rings (SSSR count). The van der Waals surface area contributed by atoms with E-state index in [2.05, 4.69) is 38.0 Å². The zero-order valence-corrected chi connectivity index (χ0v) is 12.7. The molecule has 1 aliphatic heterocycles. The summed E-state index contributed by atoms with van der Waals surface area (Å²) < 4.78 is 5.71. The van der Waals surface area contributed by atoms with E-state index in [1.165, 1.54) is 25.7 Å².